The molecule has 4 nitrogen and oxygen atoms in total. The Kier molecular flexibility index (Phi) is 2.57. The lowest BCUT2D eigenvalue weighted by atomic mass is 10.2. The zero-order chi connectivity index (χ0) is 10.1. The average molecular weight is 217 g/mol. The fraction of sp³-hybridized carbons (Fsp3) is 0. The summed E-state index contributed by atoms with van der Waals surface area (Å²) >= 11 is 5.59. The summed E-state index contributed by atoms with van der Waals surface area (Å²) in [5, 5.41) is 13.4. The standard InChI is InChI=1S/C7H5ClN2O2S/c8-7-3-6(13(10,11)12)2-1-5(7)4-9/h1-3H,(H2,10,11,12). The van der Waals surface area contributed by atoms with Crippen molar-refractivity contribution in [2.75, 3.05) is 0 Å². The Bertz CT molecular complexity index is 476. The first-order chi connectivity index (χ1) is 5.95. The average Bonchev–Trinajstić information content (AvgIpc) is 2.02. The maximum atomic E-state index is 10.8. The predicted octanol–water partition coefficient (Wildman–Crippen LogP) is 0.859. The van der Waals surface area contributed by atoms with Crippen molar-refractivity contribution in [2.24, 2.45) is 5.14 Å². The van der Waals surface area contributed by atoms with Crippen molar-refractivity contribution in [3.63, 3.8) is 0 Å². The van der Waals surface area contributed by atoms with Gasteiger partial charge in [0.15, 0.2) is 0 Å². The predicted molar refractivity (Wildman–Crippen MR) is 47.5 cm³/mol. The molecule has 0 aliphatic carbocycles. The largest absolute Gasteiger partial charge is 0.238 e. The monoisotopic (exact) mass is 216 g/mol. The van der Waals surface area contributed by atoms with Crippen LogP contribution in [0.4, 0.5) is 0 Å². The molecule has 0 aliphatic heterocycles. The van der Waals surface area contributed by atoms with Gasteiger partial charge in [0.05, 0.1) is 15.5 Å². The molecular formula is C7H5ClN2O2S. The Morgan fingerprint density at radius 1 is 1.46 bits per heavy atom. The minimum absolute atomic E-state index is 0.0778. The number of nitrogens with zero attached hydrogens (tertiary/aromatic N) is 1. The van der Waals surface area contributed by atoms with Crippen LogP contribution in [0.3, 0.4) is 0 Å². The summed E-state index contributed by atoms with van der Waals surface area (Å²) in [7, 11) is -3.74. The van der Waals surface area contributed by atoms with Crippen molar-refractivity contribution >= 4 is 21.6 Å². The van der Waals surface area contributed by atoms with E-state index < -0.39 is 10.0 Å². The highest BCUT2D eigenvalue weighted by molar-refractivity contribution is 7.89. The second-order valence-electron chi connectivity index (χ2n) is 2.30. The maximum absolute atomic E-state index is 10.8. The molecule has 0 aromatic heterocycles. The number of halogens is 1. The highest BCUT2D eigenvalue weighted by Gasteiger charge is 2.09. The number of rotatable bonds is 1. The van der Waals surface area contributed by atoms with Crippen LogP contribution in [0.25, 0.3) is 0 Å². The summed E-state index contributed by atoms with van der Waals surface area (Å²) in [4.78, 5) is -0.100. The summed E-state index contributed by atoms with van der Waals surface area (Å²) in [6.45, 7) is 0. The normalized spacial score (nSPS) is 10.8. The third kappa shape index (κ3) is 2.18. The van der Waals surface area contributed by atoms with E-state index >= 15 is 0 Å². The summed E-state index contributed by atoms with van der Waals surface area (Å²) in [5.41, 5.74) is 0.217. The summed E-state index contributed by atoms with van der Waals surface area (Å²) in [6.07, 6.45) is 0. The fourth-order valence-electron chi connectivity index (χ4n) is 0.763. The van der Waals surface area contributed by atoms with Crippen molar-refractivity contribution in [2.45, 2.75) is 4.90 Å². The van der Waals surface area contributed by atoms with Gasteiger partial charge in [0, 0.05) is 0 Å². The van der Waals surface area contributed by atoms with Crippen molar-refractivity contribution in [1.29, 1.82) is 5.26 Å². The second kappa shape index (κ2) is 3.34. The van der Waals surface area contributed by atoms with E-state index in [4.69, 9.17) is 22.0 Å². The first-order valence-corrected chi connectivity index (χ1v) is 5.10. The van der Waals surface area contributed by atoms with E-state index in [9.17, 15) is 8.42 Å². The number of hydrogen-bond donors (Lipinski definition) is 1. The minimum Gasteiger partial charge on any atom is -0.225 e. The Hall–Kier alpha value is -1.09. The number of benzene rings is 1. The van der Waals surface area contributed by atoms with Gasteiger partial charge in [-0.2, -0.15) is 5.26 Å². The van der Waals surface area contributed by atoms with Crippen LogP contribution in [-0.4, -0.2) is 8.42 Å². The minimum atomic E-state index is -3.74. The van der Waals surface area contributed by atoms with Crippen LogP contribution in [-0.2, 0) is 10.0 Å². The van der Waals surface area contributed by atoms with Crippen LogP contribution in [0.1, 0.15) is 5.56 Å². The smallest absolute Gasteiger partial charge is 0.225 e. The molecule has 0 bridgehead atoms. The lowest BCUT2D eigenvalue weighted by Crippen LogP contribution is -2.11. The quantitative estimate of drug-likeness (QED) is 0.756. The van der Waals surface area contributed by atoms with E-state index in [-0.39, 0.29) is 15.5 Å². The van der Waals surface area contributed by atoms with Crippen LogP contribution in [0.15, 0.2) is 23.1 Å². The van der Waals surface area contributed by atoms with Gasteiger partial charge >= 0.3 is 0 Å². The molecule has 13 heavy (non-hydrogen) atoms. The molecule has 68 valence electrons. The van der Waals surface area contributed by atoms with Crippen LogP contribution in [0.5, 0.6) is 0 Å². The molecule has 0 heterocycles. The van der Waals surface area contributed by atoms with Gasteiger partial charge in [0.2, 0.25) is 10.0 Å². The van der Waals surface area contributed by atoms with Crippen molar-refractivity contribution in [1.82, 2.24) is 0 Å². The topological polar surface area (TPSA) is 83.9 Å². The molecule has 0 atom stereocenters. The second-order valence-corrected chi connectivity index (χ2v) is 4.27. The molecule has 0 amide bonds. The zero-order valence-electron chi connectivity index (χ0n) is 6.36. The molecule has 6 heteroatoms. The van der Waals surface area contributed by atoms with E-state index in [0.717, 1.165) is 6.07 Å². The van der Waals surface area contributed by atoms with E-state index in [1.807, 2.05) is 0 Å². The van der Waals surface area contributed by atoms with Crippen LogP contribution >= 0.6 is 11.6 Å². The van der Waals surface area contributed by atoms with Gasteiger partial charge in [-0.15, -0.1) is 0 Å². The molecule has 1 aromatic rings. The van der Waals surface area contributed by atoms with Gasteiger partial charge in [-0.1, -0.05) is 11.6 Å². The molecule has 1 aromatic carbocycles. The summed E-state index contributed by atoms with van der Waals surface area (Å²) in [5.74, 6) is 0. The van der Waals surface area contributed by atoms with Crippen LogP contribution < -0.4 is 5.14 Å². The molecule has 0 saturated carbocycles. The number of primary sulfonamides is 1. The van der Waals surface area contributed by atoms with Gasteiger partial charge < -0.3 is 0 Å². The number of sulfonamides is 1. The molecule has 0 saturated heterocycles. The third-order valence-corrected chi connectivity index (χ3v) is 2.61. The maximum Gasteiger partial charge on any atom is 0.238 e. The molecule has 0 fully saturated rings. The van der Waals surface area contributed by atoms with Gasteiger partial charge in [-0.25, -0.2) is 13.6 Å². The van der Waals surface area contributed by atoms with Gasteiger partial charge in [0.1, 0.15) is 6.07 Å². The van der Waals surface area contributed by atoms with Crippen molar-refractivity contribution in [3.05, 3.63) is 28.8 Å². The van der Waals surface area contributed by atoms with Crippen molar-refractivity contribution in [3.8, 4) is 6.07 Å². The molecule has 2 N–H and O–H groups in total. The van der Waals surface area contributed by atoms with Gasteiger partial charge in [-0.05, 0) is 18.2 Å². The Balaban J connectivity index is 3.36. The lowest BCUT2D eigenvalue weighted by Gasteiger charge is -1.99. The van der Waals surface area contributed by atoms with E-state index in [1.54, 1.807) is 6.07 Å². The number of hydrogen-bond acceptors (Lipinski definition) is 3. The molecular weight excluding hydrogens is 212 g/mol. The van der Waals surface area contributed by atoms with Gasteiger partial charge in [-0.3, -0.25) is 0 Å². The third-order valence-electron chi connectivity index (χ3n) is 1.39. The highest BCUT2D eigenvalue weighted by Crippen LogP contribution is 2.18. The highest BCUT2D eigenvalue weighted by atomic mass is 35.5. The zero-order valence-corrected chi connectivity index (χ0v) is 7.93. The molecule has 0 spiro atoms. The molecule has 0 unspecified atom stereocenters. The van der Waals surface area contributed by atoms with E-state index in [0.29, 0.717) is 0 Å². The summed E-state index contributed by atoms with van der Waals surface area (Å²) in [6, 6.07) is 5.50. The SMILES string of the molecule is N#Cc1ccc(S(N)(=O)=O)cc1Cl. The first-order valence-electron chi connectivity index (χ1n) is 3.17. The fourth-order valence-corrected chi connectivity index (χ4v) is 1.59. The molecule has 0 aliphatic rings. The van der Waals surface area contributed by atoms with Crippen LogP contribution in [0.2, 0.25) is 5.02 Å². The summed E-state index contributed by atoms with van der Waals surface area (Å²) < 4.78 is 21.6. The van der Waals surface area contributed by atoms with E-state index in [2.05, 4.69) is 0 Å². The van der Waals surface area contributed by atoms with E-state index in [1.165, 1.54) is 12.1 Å². The van der Waals surface area contributed by atoms with Crippen LogP contribution in [0, 0.1) is 11.3 Å². The number of nitriles is 1. The Morgan fingerprint density at radius 3 is 2.46 bits per heavy atom. The molecule has 0 radical (unpaired) electrons. The van der Waals surface area contributed by atoms with Crippen molar-refractivity contribution < 1.29 is 8.42 Å². The van der Waals surface area contributed by atoms with Gasteiger partial charge in [0.25, 0.3) is 0 Å². The molecule has 1 rings (SSSR count). The lowest BCUT2D eigenvalue weighted by molar-refractivity contribution is 0.598. The Labute approximate surface area is 80.6 Å². The Morgan fingerprint density at radius 2 is 2.08 bits per heavy atom. The first kappa shape index (κ1) is 9.99. The number of nitrogens with two attached hydrogens (primary N) is 1.